The van der Waals surface area contributed by atoms with E-state index in [9.17, 15) is 35.6 Å². The van der Waals surface area contributed by atoms with Crippen LogP contribution < -0.4 is 4.72 Å². The van der Waals surface area contributed by atoms with Crippen molar-refractivity contribution in [2.45, 2.75) is 57.8 Å². The highest BCUT2D eigenvalue weighted by atomic mass is 32.2. The SMILES string of the molecule is CS(=O)(=O)NC(=O)[C@H]1CC[C@@H](CC(=O)N2CCc3c(C(F)(F)F)nn(Cc4ccc(F)cc4)c3C2)CC1. The second-order valence-electron chi connectivity index (χ2n) is 9.78. The molecule has 2 heterocycles. The molecule has 0 bridgehead atoms. The van der Waals surface area contributed by atoms with Crippen LogP contribution in [0.2, 0.25) is 0 Å². The molecule has 1 aromatic heterocycles. The fraction of sp³-hybridized carbons (Fsp3) is 0.542. The number of aromatic nitrogens is 2. The van der Waals surface area contributed by atoms with Crippen molar-refractivity contribution in [3.63, 3.8) is 0 Å². The molecular formula is C24H28F4N4O4S. The number of carbonyl (C=O) groups is 2. The number of alkyl halides is 3. The van der Waals surface area contributed by atoms with Gasteiger partial charge in [-0.1, -0.05) is 12.1 Å². The summed E-state index contributed by atoms with van der Waals surface area (Å²) >= 11 is 0. The molecule has 1 saturated carbocycles. The summed E-state index contributed by atoms with van der Waals surface area (Å²) in [4.78, 5) is 26.7. The van der Waals surface area contributed by atoms with Crippen molar-refractivity contribution in [3.8, 4) is 0 Å². The Morgan fingerprint density at radius 2 is 1.76 bits per heavy atom. The molecule has 37 heavy (non-hydrogen) atoms. The fourth-order valence-electron chi connectivity index (χ4n) is 5.09. The number of benzene rings is 1. The number of sulfonamides is 1. The van der Waals surface area contributed by atoms with Crippen molar-refractivity contribution < 1.29 is 35.6 Å². The van der Waals surface area contributed by atoms with E-state index < -0.39 is 39.5 Å². The van der Waals surface area contributed by atoms with Crippen LogP contribution >= 0.6 is 0 Å². The predicted molar refractivity (Wildman–Crippen MR) is 125 cm³/mol. The quantitative estimate of drug-likeness (QED) is 0.563. The van der Waals surface area contributed by atoms with Crippen LogP contribution in [-0.2, 0) is 45.3 Å². The van der Waals surface area contributed by atoms with E-state index in [0.717, 1.165) is 6.26 Å². The van der Waals surface area contributed by atoms with Crippen molar-refractivity contribution in [2.24, 2.45) is 11.8 Å². The number of carbonyl (C=O) groups excluding carboxylic acids is 2. The Labute approximate surface area is 212 Å². The molecule has 1 aliphatic heterocycles. The zero-order valence-electron chi connectivity index (χ0n) is 20.2. The minimum Gasteiger partial charge on any atom is -0.336 e. The van der Waals surface area contributed by atoms with Crippen LogP contribution in [0.3, 0.4) is 0 Å². The van der Waals surface area contributed by atoms with Gasteiger partial charge in [0.2, 0.25) is 21.8 Å². The van der Waals surface area contributed by atoms with Gasteiger partial charge in [-0.25, -0.2) is 12.8 Å². The summed E-state index contributed by atoms with van der Waals surface area (Å²) < 4.78 is 80.0. The molecule has 0 radical (unpaired) electrons. The van der Waals surface area contributed by atoms with Gasteiger partial charge in [-0.05, 0) is 55.7 Å². The van der Waals surface area contributed by atoms with Crippen molar-refractivity contribution in [2.75, 3.05) is 12.8 Å². The molecule has 0 saturated heterocycles. The summed E-state index contributed by atoms with van der Waals surface area (Å²) in [5.74, 6) is -1.60. The Balaban J connectivity index is 1.42. The highest BCUT2D eigenvalue weighted by molar-refractivity contribution is 7.89. The van der Waals surface area contributed by atoms with Gasteiger partial charge in [0.1, 0.15) is 5.82 Å². The molecule has 13 heteroatoms. The average molecular weight is 545 g/mol. The Bertz CT molecular complexity index is 1270. The van der Waals surface area contributed by atoms with Gasteiger partial charge >= 0.3 is 6.18 Å². The molecule has 0 atom stereocenters. The van der Waals surface area contributed by atoms with Crippen LogP contribution in [-0.4, -0.2) is 47.7 Å². The third-order valence-electron chi connectivity index (χ3n) is 6.97. The molecule has 1 fully saturated rings. The van der Waals surface area contributed by atoms with Gasteiger partial charge in [0.15, 0.2) is 5.69 Å². The minimum atomic E-state index is -4.63. The zero-order valence-corrected chi connectivity index (χ0v) is 21.0. The number of nitrogens with zero attached hydrogens (tertiary/aromatic N) is 3. The largest absolute Gasteiger partial charge is 0.435 e. The maximum atomic E-state index is 13.7. The molecule has 2 aromatic rings. The molecule has 202 valence electrons. The molecular weight excluding hydrogens is 516 g/mol. The van der Waals surface area contributed by atoms with Gasteiger partial charge in [0.25, 0.3) is 0 Å². The fourth-order valence-corrected chi connectivity index (χ4v) is 5.62. The standard InChI is InChI=1S/C24H28F4N4O4S/c1-37(35,36)30-23(34)17-6-2-15(3-7-17)12-21(33)31-11-10-19-20(14-31)32(29-22(19)24(26,27)28)13-16-4-8-18(25)9-5-16/h4-5,8-9,15,17H,2-3,6-7,10-14H2,1H3,(H,30,34)/t15-,17+. The first kappa shape index (κ1) is 27.1. The van der Waals surface area contributed by atoms with Crippen LogP contribution in [0.15, 0.2) is 24.3 Å². The first-order chi connectivity index (χ1) is 17.3. The summed E-state index contributed by atoms with van der Waals surface area (Å²) in [6.07, 6.45) is -1.41. The molecule has 8 nitrogen and oxygen atoms in total. The second-order valence-corrected chi connectivity index (χ2v) is 11.5. The van der Waals surface area contributed by atoms with E-state index in [-0.39, 0.29) is 49.9 Å². The van der Waals surface area contributed by atoms with E-state index in [1.165, 1.54) is 33.8 Å². The molecule has 0 unspecified atom stereocenters. The minimum absolute atomic E-state index is 0.00560. The van der Waals surface area contributed by atoms with Crippen molar-refractivity contribution in [1.29, 1.82) is 0 Å². The van der Waals surface area contributed by atoms with Crippen LogP contribution in [0, 0.1) is 17.7 Å². The lowest BCUT2D eigenvalue weighted by Crippen LogP contribution is -2.39. The van der Waals surface area contributed by atoms with Crippen molar-refractivity contribution >= 4 is 21.8 Å². The average Bonchev–Trinajstić information content (AvgIpc) is 3.18. The van der Waals surface area contributed by atoms with Crippen LogP contribution in [0.5, 0.6) is 0 Å². The number of amides is 2. The number of halogens is 4. The highest BCUT2D eigenvalue weighted by Crippen LogP contribution is 2.36. The normalized spacial score (nSPS) is 20.4. The smallest absolute Gasteiger partial charge is 0.336 e. The lowest BCUT2D eigenvalue weighted by molar-refractivity contribution is -0.142. The predicted octanol–water partition coefficient (Wildman–Crippen LogP) is 3.25. The number of rotatable bonds is 6. The molecule has 0 spiro atoms. The second kappa shape index (κ2) is 10.4. The molecule has 4 rings (SSSR count). The van der Waals surface area contributed by atoms with Gasteiger partial charge in [-0.2, -0.15) is 18.3 Å². The van der Waals surface area contributed by atoms with Crippen LogP contribution in [0.1, 0.15) is 54.6 Å². The molecule has 1 N–H and O–H groups in total. The Morgan fingerprint density at radius 3 is 2.35 bits per heavy atom. The lowest BCUT2D eigenvalue weighted by Gasteiger charge is -2.32. The third-order valence-corrected chi connectivity index (χ3v) is 7.54. The Morgan fingerprint density at radius 1 is 1.11 bits per heavy atom. The molecule has 2 aliphatic rings. The van der Waals surface area contributed by atoms with Gasteiger partial charge in [-0.15, -0.1) is 0 Å². The van der Waals surface area contributed by atoms with Gasteiger partial charge in [-0.3, -0.25) is 19.0 Å². The Hall–Kier alpha value is -2.96. The maximum Gasteiger partial charge on any atom is 0.435 e. The number of nitrogens with one attached hydrogen (secondary N) is 1. The Kier molecular flexibility index (Phi) is 7.63. The zero-order chi connectivity index (χ0) is 27.0. The maximum absolute atomic E-state index is 13.7. The molecule has 1 aliphatic carbocycles. The monoisotopic (exact) mass is 544 g/mol. The first-order valence-electron chi connectivity index (χ1n) is 12.0. The summed E-state index contributed by atoms with van der Waals surface area (Å²) in [7, 11) is -3.63. The number of hydrogen-bond donors (Lipinski definition) is 1. The van der Waals surface area contributed by atoms with E-state index >= 15 is 0 Å². The summed E-state index contributed by atoms with van der Waals surface area (Å²) in [5, 5.41) is 3.82. The van der Waals surface area contributed by atoms with E-state index in [1.807, 2.05) is 4.72 Å². The topological polar surface area (TPSA) is 101 Å². The van der Waals surface area contributed by atoms with Crippen molar-refractivity contribution in [3.05, 3.63) is 52.6 Å². The summed E-state index contributed by atoms with van der Waals surface area (Å²) in [6.45, 7) is 0.147. The number of hydrogen-bond acceptors (Lipinski definition) is 5. The third kappa shape index (κ3) is 6.68. The van der Waals surface area contributed by atoms with Gasteiger partial charge in [0.05, 0.1) is 25.0 Å². The van der Waals surface area contributed by atoms with Crippen molar-refractivity contribution in [1.82, 2.24) is 19.4 Å². The number of fused-ring (bicyclic) bond motifs is 1. The summed E-state index contributed by atoms with van der Waals surface area (Å²) in [5.41, 5.74) is 0.0245. The van der Waals surface area contributed by atoms with Crippen LogP contribution in [0.4, 0.5) is 17.6 Å². The van der Waals surface area contributed by atoms with E-state index in [1.54, 1.807) is 0 Å². The van der Waals surface area contributed by atoms with Crippen LogP contribution in [0.25, 0.3) is 0 Å². The summed E-state index contributed by atoms with van der Waals surface area (Å²) in [6, 6.07) is 5.42. The molecule has 2 amide bonds. The highest BCUT2D eigenvalue weighted by Gasteiger charge is 2.41. The van der Waals surface area contributed by atoms with E-state index in [4.69, 9.17) is 0 Å². The van der Waals surface area contributed by atoms with E-state index in [2.05, 4.69) is 5.10 Å². The molecule has 1 aromatic carbocycles. The van der Waals surface area contributed by atoms with Gasteiger partial charge in [0, 0.05) is 24.4 Å². The van der Waals surface area contributed by atoms with Gasteiger partial charge < -0.3 is 4.90 Å². The van der Waals surface area contributed by atoms with E-state index in [0.29, 0.717) is 36.9 Å². The lowest BCUT2D eigenvalue weighted by atomic mass is 9.80. The first-order valence-corrected chi connectivity index (χ1v) is 13.9.